The molecule has 1 aromatic heterocycles. The minimum absolute atomic E-state index is 0.372. The van der Waals surface area contributed by atoms with Crippen molar-refractivity contribution < 1.29 is 0 Å². The van der Waals surface area contributed by atoms with Gasteiger partial charge in [0.15, 0.2) is 0 Å². The molecule has 60 valence electrons. The summed E-state index contributed by atoms with van der Waals surface area (Å²) in [4.78, 5) is 4.10. The Morgan fingerprint density at radius 3 is 3.27 bits per heavy atom. The minimum atomic E-state index is 0.372. The van der Waals surface area contributed by atoms with Gasteiger partial charge in [-0.2, -0.15) is 16.9 Å². The summed E-state index contributed by atoms with van der Waals surface area (Å²) >= 11 is 1.95. The molecule has 2 rings (SSSR count). The Bertz CT molecular complexity index is 204. The number of hydrogen-bond acceptors (Lipinski definition) is 4. The molecule has 1 aromatic rings. The zero-order chi connectivity index (χ0) is 7.52. The number of hydrogen-bond donors (Lipinski definition) is 2. The molecule has 0 saturated carbocycles. The molecular weight excluding hydrogens is 160 g/mol. The van der Waals surface area contributed by atoms with E-state index in [1.807, 2.05) is 11.8 Å². The van der Waals surface area contributed by atoms with Gasteiger partial charge in [-0.25, -0.2) is 4.98 Å². The Labute approximate surface area is 69.2 Å². The molecule has 1 aliphatic rings. The maximum atomic E-state index is 4.10. The number of nitrogens with one attached hydrogen (secondary N) is 2. The smallest absolute Gasteiger partial charge is 0.142 e. The van der Waals surface area contributed by atoms with Crippen LogP contribution >= 0.6 is 11.8 Å². The Kier molecular flexibility index (Phi) is 2.09. The van der Waals surface area contributed by atoms with E-state index in [1.54, 1.807) is 6.33 Å². The number of nitrogens with zero attached hydrogens (tertiary/aromatic N) is 2. The van der Waals surface area contributed by atoms with E-state index < -0.39 is 0 Å². The van der Waals surface area contributed by atoms with Crippen molar-refractivity contribution in [2.45, 2.75) is 6.04 Å². The van der Waals surface area contributed by atoms with Gasteiger partial charge in [0, 0.05) is 18.1 Å². The number of rotatable bonds is 1. The molecule has 2 heterocycles. The number of aromatic amines is 1. The van der Waals surface area contributed by atoms with Crippen LogP contribution in [0.15, 0.2) is 6.33 Å². The lowest BCUT2D eigenvalue weighted by molar-refractivity contribution is 0.566. The molecule has 2 N–H and O–H groups in total. The minimum Gasteiger partial charge on any atom is -0.306 e. The molecule has 0 bridgehead atoms. The summed E-state index contributed by atoms with van der Waals surface area (Å²) in [6.07, 6.45) is 1.55. The van der Waals surface area contributed by atoms with Crippen LogP contribution in [0.4, 0.5) is 0 Å². The molecular formula is C6H10N4S. The second-order valence-corrected chi connectivity index (χ2v) is 3.60. The predicted octanol–water partition coefficient (Wildman–Crippen LogP) is 0.182. The summed E-state index contributed by atoms with van der Waals surface area (Å²) < 4.78 is 0. The normalized spacial score (nSPS) is 25.3. The van der Waals surface area contributed by atoms with Gasteiger partial charge in [0.2, 0.25) is 0 Å². The fourth-order valence-corrected chi connectivity index (χ4v) is 2.06. The van der Waals surface area contributed by atoms with Gasteiger partial charge in [0.25, 0.3) is 0 Å². The number of H-pyrrole nitrogens is 1. The van der Waals surface area contributed by atoms with Gasteiger partial charge in [-0.3, -0.25) is 5.10 Å². The molecule has 1 atom stereocenters. The van der Waals surface area contributed by atoms with Crippen LogP contribution in [-0.2, 0) is 0 Å². The largest absolute Gasteiger partial charge is 0.306 e. The van der Waals surface area contributed by atoms with Crippen molar-refractivity contribution >= 4 is 11.8 Å². The lowest BCUT2D eigenvalue weighted by Crippen LogP contribution is -2.30. The first-order valence-corrected chi connectivity index (χ1v) is 4.78. The quantitative estimate of drug-likeness (QED) is 0.631. The van der Waals surface area contributed by atoms with Gasteiger partial charge in [0.1, 0.15) is 12.2 Å². The molecule has 0 aliphatic carbocycles. The third kappa shape index (κ3) is 1.54. The average Bonchev–Trinajstić information content (AvgIpc) is 2.58. The molecule has 0 radical (unpaired) electrons. The monoisotopic (exact) mass is 170 g/mol. The highest BCUT2D eigenvalue weighted by atomic mass is 32.2. The summed E-state index contributed by atoms with van der Waals surface area (Å²) in [5.74, 6) is 3.25. The summed E-state index contributed by atoms with van der Waals surface area (Å²) in [6, 6.07) is 0.372. The molecule has 4 nitrogen and oxygen atoms in total. The van der Waals surface area contributed by atoms with E-state index in [2.05, 4.69) is 20.5 Å². The fraction of sp³-hybridized carbons (Fsp3) is 0.667. The first kappa shape index (κ1) is 7.12. The van der Waals surface area contributed by atoms with Gasteiger partial charge < -0.3 is 5.32 Å². The van der Waals surface area contributed by atoms with Crippen LogP contribution in [0, 0.1) is 0 Å². The van der Waals surface area contributed by atoms with Crippen molar-refractivity contribution in [2.75, 3.05) is 18.1 Å². The van der Waals surface area contributed by atoms with Crippen molar-refractivity contribution in [3.63, 3.8) is 0 Å². The highest BCUT2D eigenvalue weighted by Gasteiger charge is 2.16. The van der Waals surface area contributed by atoms with Gasteiger partial charge in [-0.1, -0.05) is 0 Å². The van der Waals surface area contributed by atoms with E-state index in [0.717, 1.165) is 18.1 Å². The van der Waals surface area contributed by atoms with E-state index in [1.165, 1.54) is 5.75 Å². The van der Waals surface area contributed by atoms with E-state index in [-0.39, 0.29) is 0 Å². The van der Waals surface area contributed by atoms with Crippen LogP contribution in [0.3, 0.4) is 0 Å². The maximum absolute atomic E-state index is 4.10. The first-order chi connectivity index (χ1) is 5.47. The molecule has 11 heavy (non-hydrogen) atoms. The van der Waals surface area contributed by atoms with Gasteiger partial charge in [0.05, 0.1) is 6.04 Å². The Morgan fingerprint density at radius 1 is 1.64 bits per heavy atom. The van der Waals surface area contributed by atoms with Crippen LogP contribution in [0.1, 0.15) is 11.9 Å². The van der Waals surface area contributed by atoms with Gasteiger partial charge in [-0.15, -0.1) is 0 Å². The van der Waals surface area contributed by atoms with Crippen molar-refractivity contribution in [1.82, 2.24) is 20.5 Å². The van der Waals surface area contributed by atoms with E-state index in [9.17, 15) is 0 Å². The molecule has 1 fully saturated rings. The van der Waals surface area contributed by atoms with Crippen molar-refractivity contribution in [1.29, 1.82) is 0 Å². The average molecular weight is 170 g/mol. The third-order valence-electron chi connectivity index (χ3n) is 1.69. The topological polar surface area (TPSA) is 53.6 Å². The Balaban J connectivity index is 2.04. The molecule has 5 heteroatoms. The molecule has 0 spiro atoms. The molecule has 1 saturated heterocycles. The Hall–Kier alpha value is -0.550. The van der Waals surface area contributed by atoms with Crippen LogP contribution in [0.25, 0.3) is 0 Å². The van der Waals surface area contributed by atoms with E-state index in [0.29, 0.717) is 6.04 Å². The van der Waals surface area contributed by atoms with Crippen molar-refractivity contribution in [3.8, 4) is 0 Å². The second kappa shape index (κ2) is 3.23. The standard InChI is InChI=1S/C6H10N4S/c1-2-11-3-5(7-1)6-8-4-9-10-6/h4-5,7H,1-3H2,(H,8,9,10). The zero-order valence-electron chi connectivity index (χ0n) is 6.08. The van der Waals surface area contributed by atoms with E-state index >= 15 is 0 Å². The fourth-order valence-electron chi connectivity index (χ4n) is 1.12. The summed E-state index contributed by atoms with van der Waals surface area (Å²) in [6.45, 7) is 1.07. The van der Waals surface area contributed by atoms with Crippen LogP contribution in [-0.4, -0.2) is 33.2 Å². The van der Waals surface area contributed by atoms with Crippen molar-refractivity contribution in [2.24, 2.45) is 0 Å². The third-order valence-corrected chi connectivity index (χ3v) is 2.75. The highest BCUT2D eigenvalue weighted by Crippen LogP contribution is 2.17. The number of thioether (sulfide) groups is 1. The first-order valence-electron chi connectivity index (χ1n) is 3.63. The lowest BCUT2D eigenvalue weighted by atomic mass is 10.3. The molecule has 0 amide bonds. The zero-order valence-corrected chi connectivity index (χ0v) is 6.90. The summed E-state index contributed by atoms with van der Waals surface area (Å²) in [7, 11) is 0. The molecule has 0 aromatic carbocycles. The van der Waals surface area contributed by atoms with E-state index in [4.69, 9.17) is 0 Å². The lowest BCUT2D eigenvalue weighted by Gasteiger charge is -2.20. The second-order valence-electron chi connectivity index (χ2n) is 2.45. The van der Waals surface area contributed by atoms with Gasteiger partial charge in [-0.05, 0) is 0 Å². The van der Waals surface area contributed by atoms with Crippen molar-refractivity contribution in [3.05, 3.63) is 12.2 Å². The summed E-state index contributed by atoms with van der Waals surface area (Å²) in [5, 5.41) is 10.0. The summed E-state index contributed by atoms with van der Waals surface area (Å²) in [5.41, 5.74) is 0. The SMILES string of the molecule is c1n[nH]c(C2CSCCN2)n1. The van der Waals surface area contributed by atoms with Crippen LogP contribution in [0.2, 0.25) is 0 Å². The number of aromatic nitrogens is 3. The molecule has 1 unspecified atom stereocenters. The highest BCUT2D eigenvalue weighted by molar-refractivity contribution is 7.99. The van der Waals surface area contributed by atoms with Crippen LogP contribution < -0.4 is 5.32 Å². The predicted molar refractivity (Wildman–Crippen MR) is 44.5 cm³/mol. The van der Waals surface area contributed by atoms with Gasteiger partial charge >= 0.3 is 0 Å². The Morgan fingerprint density at radius 2 is 2.64 bits per heavy atom. The maximum Gasteiger partial charge on any atom is 0.142 e. The van der Waals surface area contributed by atoms with Crippen LogP contribution in [0.5, 0.6) is 0 Å². The molecule has 1 aliphatic heterocycles.